The molecular weight excluding hydrogens is 300 g/mol. The van der Waals surface area contributed by atoms with Crippen LogP contribution in [0.2, 0.25) is 0 Å². The second-order valence-electron chi connectivity index (χ2n) is 5.39. The van der Waals surface area contributed by atoms with E-state index in [9.17, 15) is 14.4 Å². The average Bonchev–Trinajstić information content (AvgIpc) is 2.68. The zero-order chi connectivity index (χ0) is 17.2. The Morgan fingerprint density at radius 3 is 2.43 bits per heavy atom. The monoisotopic (exact) mass is 318 g/mol. The first-order valence-electron chi connectivity index (χ1n) is 7.06. The van der Waals surface area contributed by atoms with Gasteiger partial charge in [-0.15, -0.1) is 0 Å². The second-order valence-corrected chi connectivity index (χ2v) is 5.39. The van der Waals surface area contributed by atoms with Crippen molar-refractivity contribution in [2.75, 3.05) is 11.9 Å². The number of esters is 1. The Labute approximate surface area is 133 Å². The Bertz CT molecular complexity index is 697. The molecule has 1 amide bonds. The molecule has 7 heteroatoms. The summed E-state index contributed by atoms with van der Waals surface area (Å²) < 4.78 is 5.43. The van der Waals surface area contributed by atoms with Gasteiger partial charge in [0.05, 0.1) is 11.4 Å². The van der Waals surface area contributed by atoms with E-state index in [-0.39, 0.29) is 12.3 Å². The third-order valence-electron chi connectivity index (χ3n) is 3.50. The number of amides is 1. The number of para-hydroxylation sites is 1. The minimum atomic E-state index is -1.50. The quantitative estimate of drug-likeness (QED) is 0.365. The summed E-state index contributed by atoms with van der Waals surface area (Å²) >= 11 is 0. The molecule has 0 radical (unpaired) electrons. The molecule has 0 aliphatic carbocycles. The number of benzene rings is 1. The lowest BCUT2D eigenvalue weighted by Gasteiger charge is -2.27. The summed E-state index contributed by atoms with van der Waals surface area (Å²) in [6.07, 6.45) is 0.0000463. The van der Waals surface area contributed by atoms with Crippen LogP contribution in [0.25, 0.3) is 0 Å². The lowest BCUT2D eigenvalue weighted by Crippen LogP contribution is -2.43. The highest BCUT2D eigenvalue weighted by Crippen LogP contribution is 2.44. The van der Waals surface area contributed by atoms with Crippen molar-refractivity contribution in [1.82, 2.24) is 0 Å². The number of hydrogen-bond donors (Lipinski definition) is 0. The van der Waals surface area contributed by atoms with Crippen molar-refractivity contribution in [3.63, 3.8) is 0 Å². The van der Waals surface area contributed by atoms with Crippen molar-refractivity contribution in [2.45, 2.75) is 32.8 Å². The maximum absolute atomic E-state index is 12.8. The van der Waals surface area contributed by atoms with Crippen molar-refractivity contribution < 1.29 is 24.0 Å². The highest BCUT2D eigenvalue weighted by molar-refractivity contribution is 6.09. The first-order chi connectivity index (χ1) is 10.8. The number of likely N-dealkylation sites (N-methyl/N-ethyl adjacent to an activating group) is 1. The van der Waals surface area contributed by atoms with E-state index in [2.05, 4.69) is 9.99 Å². The first-order valence-corrected chi connectivity index (χ1v) is 7.06. The van der Waals surface area contributed by atoms with E-state index in [1.54, 1.807) is 38.2 Å². The molecule has 1 aliphatic rings. The predicted molar refractivity (Wildman–Crippen MR) is 82.8 cm³/mol. The molecule has 7 nitrogen and oxygen atoms in total. The highest BCUT2D eigenvalue weighted by Gasteiger charge is 2.53. The van der Waals surface area contributed by atoms with Crippen molar-refractivity contribution in [1.29, 1.82) is 0 Å². The van der Waals surface area contributed by atoms with Crippen LogP contribution in [0, 0.1) is 0 Å². The molecule has 2 rings (SSSR count). The number of ether oxygens (including phenoxy) is 1. The van der Waals surface area contributed by atoms with Gasteiger partial charge in [0.15, 0.2) is 0 Å². The van der Waals surface area contributed by atoms with Crippen molar-refractivity contribution in [2.24, 2.45) is 5.16 Å². The maximum Gasteiger partial charge on any atom is 0.331 e. The molecule has 0 aromatic heterocycles. The molecule has 0 N–H and O–H groups in total. The van der Waals surface area contributed by atoms with Crippen LogP contribution in [-0.2, 0) is 29.6 Å². The van der Waals surface area contributed by atoms with Gasteiger partial charge in [-0.25, -0.2) is 4.79 Å². The van der Waals surface area contributed by atoms with Crippen LogP contribution in [0.5, 0.6) is 0 Å². The van der Waals surface area contributed by atoms with Crippen LogP contribution in [0.1, 0.15) is 32.8 Å². The standard InChI is InChI=1S/C16H18N2O5/c1-10(17-23-12(3)20)9-16(22-11(2)19)13-7-5-6-8-14(13)18(4)15(16)21/h5-8H,9H2,1-4H3/b17-10-/t16-/m0/s1. The summed E-state index contributed by atoms with van der Waals surface area (Å²) in [5.41, 5.74) is 0.115. The number of rotatable bonds is 4. The van der Waals surface area contributed by atoms with E-state index >= 15 is 0 Å². The number of nitrogens with zero attached hydrogens (tertiary/aromatic N) is 2. The molecule has 1 aromatic rings. The smallest absolute Gasteiger partial charge is 0.331 e. The molecule has 0 spiro atoms. The topological polar surface area (TPSA) is 85.3 Å². The second kappa shape index (κ2) is 6.20. The van der Waals surface area contributed by atoms with Gasteiger partial charge in [-0.2, -0.15) is 0 Å². The van der Waals surface area contributed by atoms with Crippen LogP contribution in [0.15, 0.2) is 29.4 Å². The van der Waals surface area contributed by atoms with Crippen LogP contribution in [-0.4, -0.2) is 30.6 Å². The van der Waals surface area contributed by atoms with E-state index in [1.807, 2.05) is 0 Å². The fourth-order valence-electron chi connectivity index (χ4n) is 2.69. The van der Waals surface area contributed by atoms with Gasteiger partial charge < -0.3 is 14.5 Å². The third-order valence-corrected chi connectivity index (χ3v) is 3.50. The van der Waals surface area contributed by atoms with Crippen molar-refractivity contribution >= 4 is 29.2 Å². The van der Waals surface area contributed by atoms with Crippen molar-refractivity contribution in [3.8, 4) is 0 Å². The third kappa shape index (κ3) is 3.08. The van der Waals surface area contributed by atoms with E-state index in [0.717, 1.165) is 0 Å². The number of oxime groups is 1. The Kier molecular flexibility index (Phi) is 4.49. The van der Waals surface area contributed by atoms with Gasteiger partial charge in [0.25, 0.3) is 5.91 Å². The minimum Gasteiger partial charge on any atom is -0.444 e. The number of fused-ring (bicyclic) bond motifs is 1. The summed E-state index contributed by atoms with van der Waals surface area (Å²) in [5.74, 6) is -1.52. The zero-order valence-electron chi connectivity index (χ0n) is 13.5. The molecule has 0 unspecified atom stereocenters. The number of carbonyl (C=O) groups excluding carboxylic acids is 3. The zero-order valence-corrected chi connectivity index (χ0v) is 13.5. The van der Waals surface area contributed by atoms with Gasteiger partial charge in [0, 0.05) is 32.9 Å². The summed E-state index contributed by atoms with van der Waals surface area (Å²) in [6.45, 7) is 4.07. The molecule has 0 saturated carbocycles. The molecule has 1 aromatic carbocycles. The van der Waals surface area contributed by atoms with Gasteiger partial charge in [-0.1, -0.05) is 23.4 Å². The SMILES string of the molecule is CC(=O)O/N=C(/C)C[C@@]1(OC(C)=O)C(=O)N(C)c2ccccc21. The normalized spacial score (nSPS) is 20.3. The van der Waals surface area contributed by atoms with Gasteiger partial charge in [-0.3, -0.25) is 9.59 Å². The minimum absolute atomic E-state index is 0.0000463. The fourth-order valence-corrected chi connectivity index (χ4v) is 2.69. The van der Waals surface area contributed by atoms with E-state index in [0.29, 0.717) is 17.0 Å². The Balaban J connectivity index is 2.48. The van der Waals surface area contributed by atoms with Crippen molar-refractivity contribution in [3.05, 3.63) is 29.8 Å². The first kappa shape index (κ1) is 16.7. The van der Waals surface area contributed by atoms with E-state index in [4.69, 9.17) is 4.74 Å². The molecule has 1 atom stereocenters. The van der Waals surface area contributed by atoms with Gasteiger partial charge >= 0.3 is 11.9 Å². The molecular formula is C16H18N2O5. The molecule has 0 saturated heterocycles. The fraction of sp³-hybridized carbons (Fsp3) is 0.375. The summed E-state index contributed by atoms with van der Waals surface area (Å²) in [7, 11) is 1.62. The summed E-state index contributed by atoms with van der Waals surface area (Å²) in [5, 5.41) is 3.68. The molecule has 23 heavy (non-hydrogen) atoms. The Morgan fingerprint density at radius 2 is 1.83 bits per heavy atom. The summed E-state index contributed by atoms with van der Waals surface area (Å²) in [4.78, 5) is 41.3. The molecule has 0 fully saturated rings. The maximum atomic E-state index is 12.8. The molecule has 0 bridgehead atoms. The highest BCUT2D eigenvalue weighted by atomic mass is 16.7. The van der Waals surface area contributed by atoms with Gasteiger partial charge in [0.2, 0.25) is 5.60 Å². The van der Waals surface area contributed by atoms with Gasteiger partial charge in [0.1, 0.15) is 0 Å². The lowest BCUT2D eigenvalue weighted by atomic mass is 9.89. The number of anilines is 1. The molecule has 122 valence electrons. The summed E-state index contributed by atoms with van der Waals surface area (Å²) in [6, 6.07) is 7.07. The lowest BCUT2D eigenvalue weighted by molar-refractivity contribution is -0.165. The Morgan fingerprint density at radius 1 is 1.17 bits per heavy atom. The Hall–Kier alpha value is -2.70. The van der Waals surface area contributed by atoms with Crippen LogP contribution >= 0.6 is 0 Å². The number of hydrogen-bond acceptors (Lipinski definition) is 6. The van der Waals surface area contributed by atoms with E-state index < -0.39 is 17.5 Å². The van der Waals surface area contributed by atoms with Crippen LogP contribution < -0.4 is 4.90 Å². The van der Waals surface area contributed by atoms with Gasteiger partial charge in [-0.05, 0) is 13.0 Å². The largest absolute Gasteiger partial charge is 0.444 e. The average molecular weight is 318 g/mol. The van der Waals surface area contributed by atoms with E-state index in [1.165, 1.54) is 18.7 Å². The van der Waals surface area contributed by atoms with Crippen LogP contribution in [0.4, 0.5) is 5.69 Å². The number of carbonyl (C=O) groups is 3. The molecule has 1 heterocycles. The predicted octanol–water partition coefficient (Wildman–Crippen LogP) is 1.75. The molecule has 1 aliphatic heterocycles. The van der Waals surface area contributed by atoms with Crippen LogP contribution in [0.3, 0.4) is 0 Å².